The highest BCUT2D eigenvalue weighted by Gasteiger charge is 2.60. The summed E-state index contributed by atoms with van der Waals surface area (Å²) < 4.78 is 50.6. The Balaban J connectivity index is 1.18. The Bertz CT molecular complexity index is 1370. The lowest BCUT2D eigenvalue weighted by atomic mass is 9.63. The normalized spacial score (nSPS) is 27.5. The summed E-state index contributed by atoms with van der Waals surface area (Å²) in [4.78, 5) is 33.8. The van der Waals surface area contributed by atoms with Gasteiger partial charge in [0.1, 0.15) is 18.2 Å². The van der Waals surface area contributed by atoms with Crippen molar-refractivity contribution < 1.29 is 32.2 Å². The molecule has 1 saturated heterocycles. The molecule has 3 aromatic rings. The van der Waals surface area contributed by atoms with Gasteiger partial charge >= 0.3 is 6.18 Å². The number of carbonyl (C=O) groups is 2. The van der Waals surface area contributed by atoms with E-state index in [1.165, 1.54) is 4.90 Å². The summed E-state index contributed by atoms with van der Waals surface area (Å²) in [6, 6.07) is 10.3. The summed E-state index contributed by atoms with van der Waals surface area (Å²) in [6.07, 6.45) is -4.46. The van der Waals surface area contributed by atoms with Gasteiger partial charge in [-0.15, -0.1) is 0 Å². The number of alkyl halides is 3. The topological polar surface area (TPSA) is 101 Å². The second-order valence-electron chi connectivity index (χ2n) is 9.85. The van der Waals surface area contributed by atoms with Crippen LogP contribution in [0.15, 0.2) is 42.6 Å². The number of anilines is 1. The third-order valence-electron chi connectivity index (χ3n) is 7.49. The first-order valence-electron chi connectivity index (χ1n) is 12.0. The van der Waals surface area contributed by atoms with Gasteiger partial charge in [0, 0.05) is 24.6 Å². The fourth-order valence-electron chi connectivity index (χ4n) is 5.53. The van der Waals surface area contributed by atoms with E-state index >= 15 is 0 Å². The number of pyridine rings is 1. The number of aromatic nitrogens is 3. The molecular weight excluding hydrogens is 491 g/mol. The lowest BCUT2D eigenvalue weighted by Gasteiger charge is -2.43. The van der Waals surface area contributed by atoms with Crippen LogP contribution in [0.5, 0.6) is 5.88 Å². The van der Waals surface area contributed by atoms with Gasteiger partial charge in [-0.05, 0) is 24.6 Å². The summed E-state index contributed by atoms with van der Waals surface area (Å²) in [5.74, 6) is -0.358. The molecule has 2 aliphatic heterocycles. The predicted molar refractivity (Wildman–Crippen MR) is 125 cm³/mol. The van der Waals surface area contributed by atoms with Crippen molar-refractivity contribution in [3.63, 3.8) is 0 Å². The molecule has 194 valence electrons. The van der Waals surface area contributed by atoms with Crippen molar-refractivity contribution in [2.75, 3.05) is 24.6 Å². The van der Waals surface area contributed by atoms with Crippen LogP contribution in [0.1, 0.15) is 25.3 Å². The Hall–Kier alpha value is -3.67. The van der Waals surface area contributed by atoms with Gasteiger partial charge in [0.15, 0.2) is 6.10 Å². The number of nitrogens with zero attached hydrogens (tertiary/aromatic N) is 4. The summed E-state index contributed by atoms with van der Waals surface area (Å²) in [5.41, 5.74) is 2.02. The van der Waals surface area contributed by atoms with E-state index in [4.69, 9.17) is 9.47 Å². The van der Waals surface area contributed by atoms with Crippen molar-refractivity contribution in [1.29, 1.82) is 0 Å². The number of amides is 2. The van der Waals surface area contributed by atoms with Crippen LogP contribution in [0.4, 0.5) is 18.9 Å². The van der Waals surface area contributed by atoms with Gasteiger partial charge in [0.05, 0.1) is 36.3 Å². The SMILES string of the molecule is C[C@@H]1CO[C@H](C(F)(F)F)CN1C(=O)CN1C(=O)C2(CC(Oc3ccc4[nH]ncc4n3)C2)c2ccccc21. The number of benzene rings is 1. The maximum absolute atomic E-state index is 13.7. The van der Waals surface area contributed by atoms with E-state index < -0.39 is 36.2 Å². The van der Waals surface area contributed by atoms with E-state index in [1.54, 1.807) is 31.3 Å². The monoisotopic (exact) mass is 515 g/mol. The van der Waals surface area contributed by atoms with Crippen molar-refractivity contribution >= 4 is 28.5 Å². The standard InChI is InChI=1S/C25H24F3N5O4/c1-14-13-36-20(25(26,27)28)11-32(14)22(34)12-33-19-5-3-2-4-16(19)24(23(33)35)8-15(9-24)37-21-7-6-17-18(30-21)10-29-31-17/h2-7,10,14-15,20H,8-9,11-13H2,1H3,(H,29,31)/t14-,15?,20+,24?/m1/s1. The van der Waals surface area contributed by atoms with Crippen LogP contribution in [0, 0.1) is 0 Å². The molecule has 2 aromatic heterocycles. The maximum atomic E-state index is 13.7. The minimum Gasteiger partial charge on any atom is -0.474 e. The number of fused-ring (bicyclic) bond motifs is 3. The first kappa shape index (κ1) is 23.7. The summed E-state index contributed by atoms with van der Waals surface area (Å²) in [6.45, 7) is 0.482. The quantitative estimate of drug-likeness (QED) is 0.574. The molecule has 1 N–H and O–H groups in total. The van der Waals surface area contributed by atoms with E-state index in [1.807, 2.05) is 18.2 Å². The summed E-state index contributed by atoms with van der Waals surface area (Å²) in [5, 5.41) is 6.78. The molecule has 2 fully saturated rings. The van der Waals surface area contributed by atoms with Crippen LogP contribution in [-0.2, 0) is 19.7 Å². The second-order valence-corrected chi connectivity index (χ2v) is 9.85. The third-order valence-corrected chi connectivity index (χ3v) is 7.49. The molecule has 0 radical (unpaired) electrons. The second kappa shape index (κ2) is 8.44. The zero-order chi connectivity index (χ0) is 25.9. The number of nitrogens with one attached hydrogen (secondary N) is 1. The zero-order valence-corrected chi connectivity index (χ0v) is 19.9. The number of rotatable bonds is 4. The third kappa shape index (κ3) is 3.90. The number of halogens is 3. The van der Waals surface area contributed by atoms with Crippen molar-refractivity contribution in [2.45, 2.75) is 49.6 Å². The van der Waals surface area contributed by atoms with Crippen LogP contribution in [0.2, 0.25) is 0 Å². The number of H-pyrrole nitrogens is 1. The molecule has 4 heterocycles. The zero-order valence-electron chi connectivity index (χ0n) is 19.9. The highest BCUT2D eigenvalue weighted by molar-refractivity contribution is 6.11. The molecule has 2 amide bonds. The minimum absolute atomic E-state index is 0.220. The minimum atomic E-state index is -4.57. The molecule has 12 heteroatoms. The maximum Gasteiger partial charge on any atom is 0.416 e. The smallest absolute Gasteiger partial charge is 0.416 e. The molecule has 3 aliphatic rings. The van der Waals surface area contributed by atoms with Crippen LogP contribution in [0.3, 0.4) is 0 Å². The molecule has 1 aliphatic carbocycles. The van der Waals surface area contributed by atoms with Gasteiger partial charge in [-0.3, -0.25) is 14.7 Å². The molecule has 0 unspecified atom stereocenters. The predicted octanol–water partition coefficient (Wildman–Crippen LogP) is 2.96. The number of para-hydroxylation sites is 1. The van der Waals surface area contributed by atoms with E-state index in [9.17, 15) is 22.8 Å². The molecule has 1 saturated carbocycles. The Labute approximate surface area is 209 Å². The van der Waals surface area contributed by atoms with E-state index in [2.05, 4.69) is 15.2 Å². The number of aromatic amines is 1. The number of hydrogen-bond donors (Lipinski definition) is 1. The molecular formula is C25H24F3N5O4. The molecule has 1 aromatic carbocycles. The van der Waals surface area contributed by atoms with Crippen LogP contribution in [0.25, 0.3) is 11.0 Å². The van der Waals surface area contributed by atoms with Gasteiger partial charge in [0.25, 0.3) is 0 Å². The highest BCUT2D eigenvalue weighted by Crippen LogP contribution is 2.54. The lowest BCUT2D eigenvalue weighted by Crippen LogP contribution is -2.58. The van der Waals surface area contributed by atoms with E-state index in [-0.39, 0.29) is 25.2 Å². The average Bonchev–Trinajstić information content (AvgIpc) is 3.40. The van der Waals surface area contributed by atoms with Crippen molar-refractivity contribution in [2.24, 2.45) is 0 Å². The first-order valence-corrected chi connectivity index (χ1v) is 12.0. The van der Waals surface area contributed by atoms with E-state index in [0.29, 0.717) is 29.9 Å². The number of morpholine rings is 1. The van der Waals surface area contributed by atoms with Crippen LogP contribution < -0.4 is 9.64 Å². The number of ether oxygens (including phenoxy) is 2. The van der Waals surface area contributed by atoms with Crippen LogP contribution in [-0.4, -0.2) is 76.0 Å². The molecule has 1 spiro atoms. The fourth-order valence-corrected chi connectivity index (χ4v) is 5.53. The van der Waals surface area contributed by atoms with Gasteiger partial charge < -0.3 is 19.3 Å². The van der Waals surface area contributed by atoms with Crippen LogP contribution >= 0.6 is 0 Å². The molecule has 6 rings (SSSR count). The van der Waals surface area contributed by atoms with Crippen molar-refractivity contribution in [1.82, 2.24) is 20.1 Å². The van der Waals surface area contributed by atoms with Gasteiger partial charge in [-0.1, -0.05) is 18.2 Å². The average molecular weight is 515 g/mol. The Kier molecular flexibility index (Phi) is 5.41. The molecule has 37 heavy (non-hydrogen) atoms. The fraction of sp³-hybridized carbons (Fsp3) is 0.440. The number of hydrogen-bond acceptors (Lipinski definition) is 6. The number of carbonyl (C=O) groups excluding carboxylic acids is 2. The Morgan fingerprint density at radius 3 is 2.81 bits per heavy atom. The van der Waals surface area contributed by atoms with Gasteiger partial charge in [-0.25, -0.2) is 4.98 Å². The Morgan fingerprint density at radius 1 is 1.24 bits per heavy atom. The van der Waals surface area contributed by atoms with Crippen molar-refractivity contribution in [3.05, 3.63) is 48.2 Å². The molecule has 2 atom stereocenters. The van der Waals surface area contributed by atoms with Gasteiger partial charge in [0.2, 0.25) is 17.7 Å². The largest absolute Gasteiger partial charge is 0.474 e. The van der Waals surface area contributed by atoms with E-state index in [0.717, 1.165) is 16.0 Å². The molecule has 0 bridgehead atoms. The van der Waals surface area contributed by atoms with Crippen molar-refractivity contribution in [3.8, 4) is 5.88 Å². The highest BCUT2D eigenvalue weighted by atomic mass is 19.4. The summed E-state index contributed by atoms with van der Waals surface area (Å²) in [7, 11) is 0. The Morgan fingerprint density at radius 2 is 2.03 bits per heavy atom. The summed E-state index contributed by atoms with van der Waals surface area (Å²) >= 11 is 0. The molecule has 9 nitrogen and oxygen atoms in total. The lowest BCUT2D eigenvalue weighted by molar-refractivity contribution is -0.242. The first-order chi connectivity index (χ1) is 17.7. The van der Waals surface area contributed by atoms with Gasteiger partial charge in [-0.2, -0.15) is 18.3 Å².